The molecule has 1 N–H and O–H groups in total. The van der Waals surface area contributed by atoms with Crippen LogP contribution in [-0.2, 0) is 16.0 Å². The number of unbranched alkanes of at least 4 members (excludes halogenated alkanes) is 1. The molecule has 1 atom stereocenters. The molecule has 5 nitrogen and oxygen atoms in total. The summed E-state index contributed by atoms with van der Waals surface area (Å²) in [7, 11) is 0. The second kappa shape index (κ2) is 10.1. The number of amides is 2. The third-order valence-corrected chi connectivity index (χ3v) is 6.48. The molecule has 0 radical (unpaired) electrons. The number of nitrogens with one attached hydrogen (secondary N) is 1. The van der Waals surface area contributed by atoms with Crippen molar-refractivity contribution < 1.29 is 9.59 Å². The summed E-state index contributed by atoms with van der Waals surface area (Å²) in [5.74, 6) is 2.91. The van der Waals surface area contributed by atoms with E-state index >= 15 is 0 Å². The van der Waals surface area contributed by atoms with Crippen LogP contribution in [0.2, 0.25) is 0 Å². The van der Waals surface area contributed by atoms with Crippen molar-refractivity contribution >= 4 is 11.8 Å². The molecule has 162 valence electrons. The Kier molecular flexibility index (Phi) is 7.55. The highest BCUT2D eigenvalue weighted by Gasteiger charge is 2.53. The van der Waals surface area contributed by atoms with Gasteiger partial charge in [-0.3, -0.25) is 9.59 Å². The molecule has 0 saturated carbocycles. The van der Waals surface area contributed by atoms with Gasteiger partial charge in [-0.25, -0.2) is 0 Å². The van der Waals surface area contributed by atoms with Crippen molar-refractivity contribution in [3.8, 4) is 12.3 Å². The molecule has 2 amide bonds. The van der Waals surface area contributed by atoms with Crippen LogP contribution in [0.5, 0.6) is 0 Å². The minimum absolute atomic E-state index is 0.0161. The van der Waals surface area contributed by atoms with Crippen LogP contribution in [-0.4, -0.2) is 59.4 Å². The van der Waals surface area contributed by atoms with E-state index in [0.29, 0.717) is 25.2 Å². The summed E-state index contributed by atoms with van der Waals surface area (Å²) >= 11 is 0. The van der Waals surface area contributed by atoms with Gasteiger partial charge in [-0.05, 0) is 56.6 Å². The summed E-state index contributed by atoms with van der Waals surface area (Å²) in [6, 6.07) is 10.1. The number of rotatable bonds is 8. The van der Waals surface area contributed by atoms with Crippen LogP contribution in [0, 0.1) is 18.3 Å². The number of carbonyl (C=O) groups is 2. The number of piperidine rings is 1. The van der Waals surface area contributed by atoms with E-state index in [-0.39, 0.29) is 18.4 Å². The molecule has 3 rings (SSSR count). The molecule has 5 heteroatoms. The van der Waals surface area contributed by atoms with Gasteiger partial charge in [0.15, 0.2) is 0 Å². The fourth-order valence-corrected chi connectivity index (χ4v) is 4.78. The summed E-state index contributed by atoms with van der Waals surface area (Å²) in [6.45, 7) is 7.00. The molecule has 2 saturated heterocycles. The highest BCUT2D eigenvalue weighted by atomic mass is 16.2. The van der Waals surface area contributed by atoms with E-state index in [0.717, 1.165) is 38.9 Å². The van der Waals surface area contributed by atoms with E-state index in [1.807, 2.05) is 6.07 Å². The zero-order valence-electron chi connectivity index (χ0n) is 18.4. The van der Waals surface area contributed by atoms with E-state index in [2.05, 4.69) is 54.3 Å². The number of aryl methyl sites for hydroxylation is 1. The topological polar surface area (TPSA) is 52.7 Å². The smallest absolute Gasteiger partial charge is 0.246 e. The molecule has 0 aliphatic carbocycles. The van der Waals surface area contributed by atoms with Crippen molar-refractivity contribution in [2.45, 2.75) is 64.0 Å². The van der Waals surface area contributed by atoms with E-state index < -0.39 is 11.6 Å². The van der Waals surface area contributed by atoms with Gasteiger partial charge in [0.05, 0.1) is 6.54 Å². The Hall–Kier alpha value is -2.32. The largest absolute Gasteiger partial charge is 0.342 e. The van der Waals surface area contributed by atoms with Crippen LogP contribution in [0.25, 0.3) is 0 Å². The Balaban J connectivity index is 1.54. The molecule has 0 unspecified atom stereocenters. The molecule has 2 fully saturated rings. The number of piperazine rings is 1. The normalized spacial score (nSPS) is 21.7. The molecule has 1 spiro atoms. The van der Waals surface area contributed by atoms with Crippen molar-refractivity contribution in [3.63, 3.8) is 0 Å². The Bertz CT molecular complexity index is 760. The predicted molar refractivity (Wildman–Crippen MR) is 120 cm³/mol. The molecule has 2 heterocycles. The number of terminal acetylenes is 1. The lowest BCUT2D eigenvalue weighted by atomic mass is 9.81. The number of hydrogen-bond acceptors (Lipinski definition) is 3. The van der Waals surface area contributed by atoms with Gasteiger partial charge in [-0.1, -0.05) is 50.1 Å². The first-order chi connectivity index (χ1) is 14.5. The fraction of sp³-hybridized carbons (Fsp3) is 0.600. The molecule has 0 bridgehead atoms. The summed E-state index contributed by atoms with van der Waals surface area (Å²) in [4.78, 5) is 30.3. The van der Waals surface area contributed by atoms with Gasteiger partial charge in [0.25, 0.3) is 0 Å². The van der Waals surface area contributed by atoms with Gasteiger partial charge in [0.1, 0.15) is 11.6 Å². The maximum atomic E-state index is 13.1. The minimum atomic E-state index is -0.780. The van der Waals surface area contributed by atoms with Crippen LogP contribution in [0.15, 0.2) is 30.3 Å². The molecule has 1 aromatic carbocycles. The van der Waals surface area contributed by atoms with Crippen LogP contribution in [0.4, 0.5) is 0 Å². The van der Waals surface area contributed by atoms with E-state index in [1.54, 1.807) is 4.90 Å². The summed E-state index contributed by atoms with van der Waals surface area (Å²) in [5.41, 5.74) is 0.602. The molecule has 2 aliphatic heterocycles. The zero-order chi connectivity index (χ0) is 21.6. The van der Waals surface area contributed by atoms with Crippen molar-refractivity contribution in [1.82, 2.24) is 15.1 Å². The quantitative estimate of drug-likeness (QED) is 0.531. The lowest BCUT2D eigenvalue weighted by Gasteiger charge is -2.51. The van der Waals surface area contributed by atoms with E-state index in [4.69, 9.17) is 6.42 Å². The Labute approximate surface area is 181 Å². The van der Waals surface area contributed by atoms with Crippen molar-refractivity contribution in [1.29, 1.82) is 0 Å². The molecule has 0 aromatic heterocycles. The summed E-state index contributed by atoms with van der Waals surface area (Å²) in [6.07, 6.45) is 10.9. The highest BCUT2D eigenvalue weighted by molar-refractivity contribution is 6.00. The zero-order valence-corrected chi connectivity index (χ0v) is 18.4. The van der Waals surface area contributed by atoms with E-state index in [9.17, 15) is 9.59 Å². The highest BCUT2D eigenvalue weighted by Crippen LogP contribution is 2.33. The third kappa shape index (κ3) is 5.05. The standard InChI is InChI=1S/C25H35N3O2/c1-4-15-28-23(29)22(19-20(2)3)26-24(30)25(28)13-17-27(18-14-25)16-9-8-12-21-10-6-5-7-11-21/h1,5-7,10-11,20,22H,8-9,12-19H2,2-3H3,(H,26,30)/t22-/m0/s1. The average Bonchev–Trinajstić information content (AvgIpc) is 2.74. The average molecular weight is 410 g/mol. The molecular formula is C25H35N3O2. The number of likely N-dealkylation sites (tertiary alicyclic amines) is 1. The first-order valence-corrected chi connectivity index (χ1v) is 11.3. The Morgan fingerprint density at radius 2 is 1.87 bits per heavy atom. The predicted octanol–water partition coefficient (Wildman–Crippen LogP) is 2.85. The number of hydrogen-bond donors (Lipinski definition) is 1. The van der Waals surface area contributed by atoms with Gasteiger partial charge in [0, 0.05) is 13.1 Å². The van der Waals surface area contributed by atoms with Gasteiger partial charge in [-0.2, -0.15) is 0 Å². The maximum absolute atomic E-state index is 13.1. The summed E-state index contributed by atoms with van der Waals surface area (Å²) < 4.78 is 0. The van der Waals surface area contributed by atoms with Crippen molar-refractivity contribution in [3.05, 3.63) is 35.9 Å². The first-order valence-electron chi connectivity index (χ1n) is 11.3. The lowest BCUT2D eigenvalue weighted by Crippen LogP contribution is -2.73. The first kappa shape index (κ1) is 22.4. The molecule has 2 aliphatic rings. The molecular weight excluding hydrogens is 374 g/mol. The number of nitrogens with zero attached hydrogens (tertiary/aromatic N) is 2. The van der Waals surface area contributed by atoms with E-state index in [1.165, 1.54) is 5.56 Å². The lowest BCUT2D eigenvalue weighted by molar-refractivity contribution is -0.160. The SMILES string of the molecule is C#CCN1C(=O)[C@H](CC(C)C)NC(=O)C12CCN(CCCCc1ccccc1)CC2. The van der Waals surface area contributed by atoms with Crippen molar-refractivity contribution in [2.24, 2.45) is 5.92 Å². The van der Waals surface area contributed by atoms with Gasteiger partial charge in [0.2, 0.25) is 11.8 Å². The second-order valence-corrected chi connectivity index (χ2v) is 9.10. The fourth-order valence-electron chi connectivity index (χ4n) is 4.78. The second-order valence-electron chi connectivity index (χ2n) is 9.10. The van der Waals surface area contributed by atoms with Crippen LogP contribution in [0.3, 0.4) is 0 Å². The molecule has 1 aromatic rings. The van der Waals surface area contributed by atoms with Crippen LogP contribution in [0.1, 0.15) is 51.5 Å². The monoisotopic (exact) mass is 409 g/mol. The van der Waals surface area contributed by atoms with Crippen LogP contribution >= 0.6 is 0 Å². The maximum Gasteiger partial charge on any atom is 0.246 e. The number of carbonyl (C=O) groups excluding carboxylic acids is 2. The Morgan fingerprint density at radius 1 is 1.17 bits per heavy atom. The van der Waals surface area contributed by atoms with Crippen molar-refractivity contribution in [2.75, 3.05) is 26.2 Å². The summed E-state index contributed by atoms with van der Waals surface area (Å²) in [5, 5.41) is 3.01. The van der Waals surface area contributed by atoms with Crippen LogP contribution < -0.4 is 5.32 Å². The molecule has 30 heavy (non-hydrogen) atoms. The third-order valence-electron chi connectivity index (χ3n) is 6.48. The Morgan fingerprint density at radius 3 is 2.50 bits per heavy atom. The minimum Gasteiger partial charge on any atom is -0.342 e. The number of benzene rings is 1. The van der Waals surface area contributed by atoms with Gasteiger partial charge >= 0.3 is 0 Å². The van der Waals surface area contributed by atoms with Gasteiger partial charge in [-0.15, -0.1) is 6.42 Å². The van der Waals surface area contributed by atoms with Gasteiger partial charge < -0.3 is 15.1 Å².